The quantitative estimate of drug-likeness (QED) is 0.323. The fraction of sp³-hybridized carbons (Fsp3) is 0.800. The molecule has 0 fully saturated rings. The minimum atomic E-state index is -0.359. The summed E-state index contributed by atoms with van der Waals surface area (Å²) in [5.41, 5.74) is 7.19. The fourth-order valence-corrected chi connectivity index (χ4v) is 3.37. The average Bonchev–Trinajstić information content (AvgIpc) is 2.64. The average molecular weight is 368 g/mol. The van der Waals surface area contributed by atoms with Crippen LogP contribution in [0.1, 0.15) is 84.0 Å². The molecule has 0 aromatic rings. The first-order chi connectivity index (χ1) is 12.6. The van der Waals surface area contributed by atoms with Crippen LogP contribution >= 0.6 is 0 Å². The van der Waals surface area contributed by atoms with Gasteiger partial charge in [-0.05, 0) is 19.3 Å². The molecule has 6 nitrogen and oxygen atoms in total. The lowest BCUT2D eigenvalue weighted by Crippen LogP contribution is -2.40. The van der Waals surface area contributed by atoms with Crippen molar-refractivity contribution in [1.82, 2.24) is 5.32 Å². The molecule has 4 N–H and O–H groups in total. The van der Waals surface area contributed by atoms with Gasteiger partial charge in [-0.15, -0.1) is 0 Å². The van der Waals surface area contributed by atoms with Crippen LogP contribution in [0.25, 0.3) is 0 Å². The molecule has 0 aromatic carbocycles. The van der Waals surface area contributed by atoms with E-state index in [1.165, 1.54) is 52.1 Å². The molecule has 6 heteroatoms. The molecule has 0 spiro atoms. The highest BCUT2D eigenvalue weighted by Crippen LogP contribution is 2.24. The molecule has 1 atom stereocenters. The number of esters is 1. The zero-order chi connectivity index (χ0) is 19.2. The number of ether oxygens (including phenoxy) is 1. The zero-order valence-corrected chi connectivity index (χ0v) is 16.6. The molecule has 0 aromatic heterocycles. The molecule has 1 aliphatic rings. The van der Waals surface area contributed by atoms with Gasteiger partial charge in [0, 0.05) is 12.3 Å². The van der Waals surface area contributed by atoms with E-state index in [1.54, 1.807) is 0 Å². The Morgan fingerprint density at radius 2 is 1.73 bits per heavy atom. The normalized spacial score (nSPS) is 17.0. The van der Waals surface area contributed by atoms with E-state index in [4.69, 9.17) is 15.6 Å². The highest BCUT2D eigenvalue weighted by atomic mass is 16.5. The van der Waals surface area contributed by atoms with Gasteiger partial charge >= 0.3 is 5.97 Å². The van der Waals surface area contributed by atoms with E-state index in [-0.39, 0.29) is 18.6 Å². The molecule has 1 heterocycles. The van der Waals surface area contributed by atoms with Gasteiger partial charge in [-0.25, -0.2) is 9.79 Å². The van der Waals surface area contributed by atoms with Crippen LogP contribution in [0.5, 0.6) is 0 Å². The number of carbonyl (C=O) groups is 1. The number of aliphatic hydroxyl groups is 1. The molecule has 0 unspecified atom stereocenters. The van der Waals surface area contributed by atoms with Crippen LogP contribution in [0, 0.1) is 0 Å². The number of carbonyl (C=O) groups excluding carboxylic acids is 1. The minimum absolute atomic E-state index is 0.0691. The van der Waals surface area contributed by atoms with E-state index >= 15 is 0 Å². The number of nitrogens with zero attached hydrogens (tertiary/aromatic N) is 1. The Morgan fingerprint density at radius 1 is 1.12 bits per heavy atom. The molecule has 1 rings (SSSR count). The zero-order valence-electron chi connectivity index (χ0n) is 16.6. The van der Waals surface area contributed by atoms with Crippen molar-refractivity contribution in [2.45, 2.75) is 90.0 Å². The molecule has 26 heavy (non-hydrogen) atoms. The SMILES string of the molecule is CCCCCCCCCCC[C@@H]1N=C(N)NC(CCCO)=C1C(=O)OC. The van der Waals surface area contributed by atoms with E-state index in [0.717, 1.165) is 25.0 Å². The number of aliphatic hydroxyl groups excluding tert-OH is 1. The van der Waals surface area contributed by atoms with Crippen molar-refractivity contribution in [3.63, 3.8) is 0 Å². The number of hydrogen-bond acceptors (Lipinski definition) is 6. The summed E-state index contributed by atoms with van der Waals surface area (Å²) >= 11 is 0. The summed E-state index contributed by atoms with van der Waals surface area (Å²) in [5, 5.41) is 12.1. The lowest BCUT2D eigenvalue weighted by atomic mass is 9.95. The third-order valence-electron chi connectivity index (χ3n) is 4.80. The number of nitrogens with two attached hydrogens (primary N) is 1. The molecule has 0 radical (unpaired) electrons. The van der Waals surface area contributed by atoms with E-state index in [2.05, 4.69) is 17.2 Å². The summed E-state index contributed by atoms with van der Waals surface area (Å²) in [6.45, 7) is 2.31. The lowest BCUT2D eigenvalue weighted by Gasteiger charge is -2.25. The molecular formula is C20H37N3O3. The first-order valence-corrected chi connectivity index (χ1v) is 10.2. The molecule has 150 valence electrons. The fourth-order valence-electron chi connectivity index (χ4n) is 3.37. The van der Waals surface area contributed by atoms with Gasteiger partial charge < -0.3 is 20.9 Å². The number of guanidine groups is 1. The summed E-state index contributed by atoms with van der Waals surface area (Å²) in [5.74, 6) is -0.0193. The maximum absolute atomic E-state index is 12.2. The van der Waals surface area contributed by atoms with Gasteiger partial charge in [-0.1, -0.05) is 64.7 Å². The Kier molecular flexibility index (Phi) is 11.8. The van der Waals surface area contributed by atoms with E-state index < -0.39 is 0 Å². The van der Waals surface area contributed by atoms with Gasteiger partial charge in [0.15, 0.2) is 5.96 Å². The topological polar surface area (TPSA) is 96.9 Å². The molecule has 0 aliphatic carbocycles. The Labute approximate surface area is 158 Å². The van der Waals surface area contributed by atoms with Crippen LogP contribution in [-0.4, -0.2) is 36.8 Å². The van der Waals surface area contributed by atoms with Crippen molar-refractivity contribution >= 4 is 11.9 Å². The largest absolute Gasteiger partial charge is 0.466 e. The standard InChI is InChI=1S/C20H37N3O3/c1-3-4-5-6-7-8-9-10-11-13-16-18(19(25)26-2)17(14-12-15-24)23-20(21)22-16/h16,24H,3-15H2,1-2H3,(H3,21,22,23)/t16-/m0/s1. The molecule has 1 aliphatic heterocycles. The van der Waals surface area contributed by atoms with Crippen LogP contribution in [0.2, 0.25) is 0 Å². The van der Waals surface area contributed by atoms with Crippen LogP contribution in [0.4, 0.5) is 0 Å². The maximum atomic E-state index is 12.2. The Hall–Kier alpha value is -1.56. The first-order valence-electron chi connectivity index (χ1n) is 10.2. The van der Waals surface area contributed by atoms with E-state index in [0.29, 0.717) is 24.4 Å². The van der Waals surface area contributed by atoms with Crippen LogP contribution in [0.15, 0.2) is 16.3 Å². The number of unbranched alkanes of at least 4 members (excludes halogenated alkanes) is 8. The molecule has 0 saturated heterocycles. The summed E-state index contributed by atoms with van der Waals surface area (Å²) in [4.78, 5) is 16.6. The van der Waals surface area contributed by atoms with Crippen LogP contribution < -0.4 is 11.1 Å². The predicted octanol–water partition coefficient (Wildman–Crippen LogP) is 3.39. The number of allylic oxidation sites excluding steroid dienone is 1. The number of methoxy groups -OCH3 is 1. The third kappa shape index (κ3) is 8.21. The predicted molar refractivity (Wildman–Crippen MR) is 106 cm³/mol. The van der Waals surface area contributed by atoms with Gasteiger partial charge in [0.2, 0.25) is 0 Å². The van der Waals surface area contributed by atoms with E-state index in [9.17, 15) is 4.79 Å². The van der Waals surface area contributed by atoms with Crippen LogP contribution in [-0.2, 0) is 9.53 Å². The second kappa shape index (κ2) is 13.6. The van der Waals surface area contributed by atoms with Gasteiger partial charge in [-0.2, -0.15) is 0 Å². The Morgan fingerprint density at radius 3 is 2.31 bits per heavy atom. The molecular weight excluding hydrogens is 330 g/mol. The molecule has 0 amide bonds. The van der Waals surface area contributed by atoms with Crippen molar-refractivity contribution in [1.29, 1.82) is 0 Å². The van der Waals surface area contributed by atoms with Crippen molar-refractivity contribution in [2.75, 3.05) is 13.7 Å². The Balaban J connectivity index is 2.47. The number of rotatable bonds is 14. The number of nitrogens with one attached hydrogen (secondary N) is 1. The third-order valence-corrected chi connectivity index (χ3v) is 4.80. The number of hydrogen-bond donors (Lipinski definition) is 3. The van der Waals surface area contributed by atoms with Gasteiger partial charge in [-0.3, -0.25) is 0 Å². The second-order valence-electron chi connectivity index (χ2n) is 6.98. The van der Waals surface area contributed by atoms with Crippen molar-refractivity contribution in [3.8, 4) is 0 Å². The van der Waals surface area contributed by atoms with E-state index in [1.807, 2.05) is 0 Å². The highest BCUT2D eigenvalue weighted by Gasteiger charge is 2.29. The first kappa shape index (κ1) is 22.5. The highest BCUT2D eigenvalue weighted by molar-refractivity contribution is 5.94. The smallest absolute Gasteiger partial charge is 0.337 e. The van der Waals surface area contributed by atoms with Crippen molar-refractivity contribution < 1.29 is 14.6 Å². The number of aliphatic imine (C=N–C) groups is 1. The van der Waals surface area contributed by atoms with Gasteiger partial charge in [0.1, 0.15) is 0 Å². The monoisotopic (exact) mass is 367 g/mol. The minimum Gasteiger partial charge on any atom is -0.466 e. The summed E-state index contributed by atoms with van der Waals surface area (Å²) in [7, 11) is 1.39. The second-order valence-corrected chi connectivity index (χ2v) is 6.98. The summed E-state index contributed by atoms with van der Waals surface area (Å²) in [6, 6.07) is -0.248. The summed E-state index contributed by atoms with van der Waals surface area (Å²) in [6.07, 6.45) is 13.2. The molecule has 0 saturated carbocycles. The van der Waals surface area contributed by atoms with Gasteiger partial charge in [0.05, 0.1) is 18.7 Å². The van der Waals surface area contributed by atoms with Crippen molar-refractivity contribution in [3.05, 3.63) is 11.3 Å². The Bertz CT molecular complexity index is 475. The summed E-state index contributed by atoms with van der Waals surface area (Å²) < 4.78 is 4.95. The molecule has 0 bridgehead atoms. The van der Waals surface area contributed by atoms with Gasteiger partial charge in [0.25, 0.3) is 0 Å². The lowest BCUT2D eigenvalue weighted by molar-refractivity contribution is -0.136. The van der Waals surface area contributed by atoms with Crippen LogP contribution in [0.3, 0.4) is 0 Å². The van der Waals surface area contributed by atoms with Crippen molar-refractivity contribution in [2.24, 2.45) is 10.7 Å². The maximum Gasteiger partial charge on any atom is 0.337 e.